The van der Waals surface area contributed by atoms with Gasteiger partial charge in [-0.1, -0.05) is 376 Å². The van der Waals surface area contributed by atoms with Crippen molar-refractivity contribution in [2.45, 2.75) is 484 Å². The molecule has 0 aromatic heterocycles. The fourth-order valence-corrected chi connectivity index (χ4v) is 15.4. The minimum absolute atomic E-state index is 0.238. The molecule has 17 unspecified atom stereocenters. The molecule has 3 fully saturated rings. The maximum absolute atomic E-state index is 13.5. The second-order valence-corrected chi connectivity index (χ2v) is 32.7. The third-order valence-corrected chi connectivity index (χ3v) is 22.7. The molecule has 0 aromatic rings. The summed E-state index contributed by atoms with van der Waals surface area (Å²) in [5.41, 5.74) is 0. The van der Waals surface area contributed by atoms with Gasteiger partial charge in [-0.15, -0.1) is 0 Å². The van der Waals surface area contributed by atoms with Gasteiger partial charge in [0.25, 0.3) is 0 Å². The number of aliphatic hydroxyl groups excluding tert-OH is 11. The zero-order valence-corrected chi connectivity index (χ0v) is 70.7. The van der Waals surface area contributed by atoms with E-state index in [0.29, 0.717) is 12.8 Å². The van der Waals surface area contributed by atoms with E-state index in [4.69, 9.17) is 28.4 Å². The summed E-state index contributed by atoms with van der Waals surface area (Å²) in [5.74, 6) is -0.278. The SMILES string of the molecule is CC/C=C\C/C=C\C/C=C\C/C=C\CCCCCCCCCCCCCCCCCCCCCCCCCCCCCCC(=O)NC(COC1OC(CO)C(OC2OC(CO)C(OC3OC(CO)C(O)C(O)C3O)C(O)C2O)C(O)C1O)C(O)/C=C/CC/C=C/CCCCCCCCCCCCCCCCCCCCCC. The summed E-state index contributed by atoms with van der Waals surface area (Å²) < 4.78 is 34.5. The number of ether oxygens (including phenoxy) is 6. The molecule has 19 nitrogen and oxygen atoms in total. The number of rotatable bonds is 75. The fraction of sp³-hybridized carbons (Fsp3) is 0.860. The molecule has 12 N–H and O–H groups in total. The average Bonchev–Trinajstić information content (AvgIpc) is 0.781. The van der Waals surface area contributed by atoms with Crippen LogP contribution in [0.4, 0.5) is 0 Å². The van der Waals surface area contributed by atoms with Crippen molar-refractivity contribution in [2.75, 3.05) is 26.4 Å². The van der Waals surface area contributed by atoms with Crippen LogP contribution in [0.3, 0.4) is 0 Å². The molecule has 654 valence electrons. The van der Waals surface area contributed by atoms with Gasteiger partial charge in [-0.05, 0) is 70.6 Å². The Labute approximate surface area is 680 Å². The van der Waals surface area contributed by atoms with E-state index in [1.54, 1.807) is 6.08 Å². The summed E-state index contributed by atoms with van der Waals surface area (Å²) in [4.78, 5) is 13.5. The smallest absolute Gasteiger partial charge is 0.220 e. The van der Waals surface area contributed by atoms with Crippen LogP contribution >= 0.6 is 0 Å². The molecule has 0 radical (unpaired) electrons. The lowest BCUT2D eigenvalue weighted by molar-refractivity contribution is -0.379. The third-order valence-electron chi connectivity index (χ3n) is 22.7. The summed E-state index contributed by atoms with van der Waals surface area (Å²) in [6.07, 6.45) is 70.7. The van der Waals surface area contributed by atoms with Crippen LogP contribution in [0.25, 0.3) is 0 Å². The number of aliphatic hydroxyl groups is 11. The molecule has 112 heavy (non-hydrogen) atoms. The van der Waals surface area contributed by atoms with E-state index in [9.17, 15) is 61.0 Å². The molecule has 3 rings (SSSR count). The normalized spacial score (nSPS) is 25.2. The summed E-state index contributed by atoms with van der Waals surface area (Å²) in [6.45, 7) is 1.66. The highest BCUT2D eigenvalue weighted by Gasteiger charge is 2.54. The lowest BCUT2D eigenvalue weighted by Gasteiger charge is -2.48. The number of allylic oxidation sites excluding steroid dienone is 11. The monoisotopic (exact) mass is 1590 g/mol. The van der Waals surface area contributed by atoms with Crippen LogP contribution in [-0.2, 0) is 33.2 Å². The first-order valence-corrected chi connectivity index (χ1v) is 46.2. The lowest BCUT2D eigenvalue weighted by atomic mass is 9.96. The molecule has 3 aliphatic rings. The van der Waals surface area contributed by atoms with Gasteiger partial charge in [-0.3, -0.25) is 4.79 Å². The number of amides is 1. The highest BCUT2D eigenvalue weighted by Crippen LogP contribution is 2.34. The van der Waals surface area contributed by atoms with Gasteiger partial charge in [0.1, 0.15) is 73.2 Å². The quantitative estimate of drug-likeness (QED) is 0.0199. The predicted molar refractivity (Wildman–Crippen MR) is 452 cm³/mol. The molecule has 19 heteroatoms. The van der Waals surface area contributed by atoms with Crippen molar-refractivity contribution >= 4 is 5.91 Å². The van der Waals surface area contributed by atoms with Gasteiger partial charge < -0.3 is 89.9 Å². The van der Waals surface area contributed by atoms with Crippen LogP contribution in [0, 0.1) is 0 Å². The van der Waals surface area contributed by atoms with Crippen molar-refractivity contribution in [3.8, 4) is 0 Å². The molecular formula is C93H169NO18. The molecule has 1 amide bonds. The van der Waals surface area contributed by atoms with Gasteiger partial charge in [0.05, 0.1) is 38.6 Å². The molecule has 3 heterocycles. The largest absolute Gasteiger partial charge is 0.394 e. The summed E-state index contributed by atoms with van der Waals surface area (Å²) in [5, 5.41) is 121. The van der Waals surface area contributed by atoms with Crippen LogP contribution in [0.2, 0.25) is 0 Å². The van der Waals surface area contributed by atoms with Gasteiger partial charge in [0, 0.05) is 6.42 Å². The van der Waals surface area contributed by atoms with E-state index in [1.807, 2.05) is 6.08 Å². The maximum atomic E-state index is 13.5. The summed E-state index contributed by atoms with van der Waals surface area (Å²) in [6, 6.07) is -0.992. The van der Waals surface area contributed by atoms with Gasteiger partial charge in [-0.25, -0.2) is 0 Å². The van der Waals surface area contributed by atoms with Crippen LogP contribution < -0.4 is 5.32 Å². The highest BCUT2D eigenvalue weighted by molar-refractivity contribution is 5.76. The molecule has 0 saturated carbocycles. The van der Waals surface area contributed by atoms with Gasteiger partial charge in [-0.2, -0.15) is 0 Å². The first-order chi connectivity index (χ1) is 54.8. The van der Waals surface area contributed by atoms with Crippen molar-refractivity contribution in [1.29, 1.82) is 0 Å². The number of hydrogen-bond acceptors (Lipinski definition) is 18. The molecule has 0 aliphatic carbocycles. The van der Waals surface area contributed by atoms with Gasteiger partial charge in [0.15, 0.2) is 18.9 Å². The van der Waals surface area contributed by atoms with E-state index in [2.05, 4.69) is 79.9 Å². The highest BCUT2D eigenvalue weighted by atomic mass is 16.8. The Hall–Kier alpha value is -2.77. The summed E-state index contributed by atoms with van der Waals surface area (Å²) in [7, 11) is 0. The van der Waals surface area contributed by atoms with E-state index >= 15 is 0 Å². The van der Waals surface area contributed by atoms with E-state index < -0.39 is 124 Å². The first-order valence-electron chi connectivity index (χ1n) is 46.2. The average molecular weight is 1590 g/mol. The topological polar surface area (TPSA) is 307 Å². The Morgan fingerprint density at radius 3 is 1.00 bits per heavy atom. The first kappa shape index (κ1) is 103. The standard InChI is InChI=1S/C93H169NO18/c1-3-5-7-9-11-13-15-17-19-21-23-25-27-29-31-32-33-34-35-36-37-38-39-40-41-42-43-44-45-47-49-51-53-55-57-59-61-63-65-67-69-71-81(99)94-76(77(98)70-68-66-64-62-60-58-56-54-52-50-48-46-30-28-26-24-22-20-18-16-14-12-10-8-6-4-2)75-107-91-87(105)84(102)89(79(73-96)109-91)112-93-88(106)85(103)90(80(74-97)110-93)111-92-86(104)83(101)82(100)78(72-95)108-92/h5,7,11,13,17,19,23,25,60,62,68,70,76-80,82-93,95-98,100-106H,3-4,6,8-10,12,14-16,18,20-22,24,26-59,61,63-67,69,71-75H2,1-2H3,(H,94,99)/b7-5-,13-11-,19-17-,25-23-,62-60+,70-68+. The van der Waals surface area contributed by atoms with Gasteiger partial charge >= 0.3 is 0 Å². The molecule has 0 bridgehead atoms. The van der Waals surface area contributed by atoms with Crippen molar-refractivity contribution in [3.05, 3.63) is 72.9 Å². The number of carbonyl (C=O) groups is 1. The minimum Gasteiger partial charge on any atom is -0.394 e. The second-order valence-electron chi connectivity index (χ2n) is 32.7. The third kappa shape index (κ3) is 50.2. The zero-order chi connectivity index (χ0) is 81.0. The van der Waals surface area contributed by atoms with Crippen molar-refractivity contribution in [1.82, 2.24) is 5.32 Å². The van der Waals surface area contributed by atoms with Gasteiger partial charge in [0.2, 0.25) is 5.91 Å². The number of nitrogens with one attached hydrogen (secondary N) is 1. The number of unbranched alkanes of at least 4 members (excludes halogenated alkanes) is 49. The predicted octanol–water partition coefficient (Wildman–Crippen LogP) is 17.9. The van der Waals surface area contributed by atoms with Crippen LogP contribution in [0.5, 0.6) is 0 Å². The minimum atomic E-state index is -1.98. The second kappa shape index (κ2) is 72.3. The van der Waals surface area contributed by atoms with Crippen LogP contribution in [0.15, 0.2) is 72.9 Å². The fourth-order valence-electron chi connectivity index (χ4n) is 15.4. The number of hydrogen-bond donors (Lipinski definition) is 12. The molecule has 17 atom stereocenters. The van der Waals surface area contributed by atoms with Crippen LogP contribution in [-0.4, -0.2) is 193 Å². The van der Waals surface area contributed by atoms with E-state index in [-0.39, 0.29) is 18.9 Å². The Kier molecular flexibility index (Phi) is 66.7. The summed E-state index contributed by atoms with van der Waals surface area (Å²) >= 11 is 0. The van der Waals surface area contributed by atoms with Crippen LogP contribution in [0.1, 0.15) is 380 Å². The Balaban J connectivity index is 1.30. The Morgan fingerprint density at radius 2 is 0.625 bits per heavy atom. The molecule has 3 aliphatic heterocycles. The molecule has 0 spiro atoms. The lowest BCUT2D eigenvalue weighted by Crippen LogP contribution is -2.66. The van der Waals surface area contributed by atoms with Crippen molar-refractivity contribution < 1.29 is 89.4 Å². The zero-order valence-electron chi connectivity index (χ0n) is 70.7. The van der Waals surface area contributed by atoms with Crippen molar-refractivity contribution in [3.63, 3.8) is 0 Å². The van der Waals surface area contributed by atoms with Crippen molar-refractivity contribution in [2.24, 2.45) is 0 Å². The molecule has 0 aromatic carbocycles. The maximum Gasteiger partial charge on any atom is 0.220 e. The van der Waals surface area contributed by atoms with E-state index in [1.165, 1.54) is 283 Å². The van der Waals surface area contributed by atoms with E-state index in [0.717, 1.165) is 64.2 Å². The number of carbonyl (C=O) groups excluding carboxylic acids is 1. The molecule has 3 saturated heterocycles. The Bertz CT molecular complexity index is 2300. The Morgan fingerprint density at radius 1 is 0.330 bits per heavy atom. The molecular weight excluding hydrogens is 1420 g/mol.